The summed E-state index contributed by atoms with van der Waals surface area (Å²) in [6.07, 6.45) is 0. The molecule has 180 valence electrons. The van der Waals surface area contributed by atoms with Crippen LogP contribution in [0, 0.1) is 0 Å². The number of carbonyl (C=O) groups excluding carboxylic acids is 1. The van der Waals surface area contributed by atoms with E-state index in [1.54, 1.807) is 25.1 Å². The van der Waals surface area contributed by atoms with Gasteiger partial charge in [-0.15, -0.1) is 0 Å². The van der Waals surface area contributed by atoms with Crippen LogP contribution in [0.5, 0.6) is 5.75 Å². The number of hydrogen-bond acceptors (Lipinski definition) is 5. The number of hydrogen-bond donors (Lipinski definition) is 1. The molecule has 0 saturated heterocycles. The summed E-state index contributed by atoms with van der Waals surface area (Å²) < 4.78 is 30.2. The first kappa shape index (κ1) is 25.7. The van der Waals surface area contributed by atoms with Gasteiger partial charge >= 0.3 is 0 Å². The van der Waals surface area contributed by atoms with Gasteiger partial charge < -0.3 is 15.4 Å². The number of para-hydroxylation sites is 1. The van der Waals surface area contributed by atoms with Gasteiger partial charge in [-0.3, -0.25) is 4.79 Å². The van der Waals surface area contributed by atoms with E-state index < -0.39 is 21.7 Å². The largest absolute Gasteiger partial charge is 0.492 e. The average molecular weight is 501 g/mol. The van der Waals surface area contributed by atoms with E-state index in [4.69, 9.17) is 22.1 Å². The maximum Gasteiger partial charge on any atom is 0.229 e. The molecule has 2 N–H and O–H groups in total. The highest BCUT2D eigenvalue weighted by atomic mass is 35.5. The number of carbonyl (C=O) groups is 1. The summed E-state index contributed by atoms with van der Waals surface area (Å²) in [5.74, 6) is -0.597. The fraction of sp³-hybridized carbons (Fsp3) is 0.269. The zero-order valence-corrected chi connectivity index (χ0v) is 21.1. The molecule has 0 saturated carbocycles. The van der Waals surface area contributed by atoms with Crippen LogP contribution >= 0.6 is 11.6 Å². The molecule has 8 heteroatoms. The number of ether oxygens (including phenoxy) is 1. The van der Waals surface area contributed by atoms with Gasteiger partial charge in [0.05, 0.1) is 16.6 Å². The minimum Gasteiger partial charge on any atom is -0.492 e. The Morgan fingerprint density at radius 3 is 2.24 bits per heavy atom. The summed E-state index contributed by atoms with van der Waals surface area (Å²) in [4.78, 5) is 14.6. The normalized spacial score (nSPS) is 12.5. The first-order valence-electron chi connectivity index (χ1n) is 10.9. The van der Waals surface area contributed by atoms with Gasteiger partial charge in [0.25, 0.3) is 0 Å². The summed E-state index contributed by atoms with van der Waals surface area (Å²) in [7, 11) is 0.629. The number of primary amides is 1. The molecule has 0 bridgehead atoms. The number of sulfone groups is 1. The lowest BCUT2D eigenvalue weighted by atomic mass is 9.89. The van der Waals surface area contributed by atoms with Crippen LogP contribution < -0.4 is 10.5 Å². The molecule has 0 spiro atoms. The SMILES string of the molecule is CCS(=O)(=O)c1ccc(C(C(N)=O)c2ccc(-c3ccccc3OCCN(C)C)c(Cl)c2)cc1. The molecule has 1 atom stereocenters. The molecule has 0 heterocycles. The zero-order chi connectivity index (χ0) is 24.9. The van der Waals surface area contributed by atoms with Gasteiger partial charge in [-0.1, -0.05) is 61.0 Å². The Hall–Kier alpha value is -2.87. The minimum absolute atomic E-state index is 0.00297. The third-order valence-corrected chi connectivity index (χ3v) is 7.60. The molecular weight excluding hydrogens is 472 g/mol. The summed E-state index contributed by atoms with van der Waals surface area (Å²) in [6.45, 7) is 2.90. The fourth-order valence-electron chi connectivity index (χ4n) is 3.64. The van der Waals surface area contributed by atoms with Crippen LogP contribution in [0.1, 0.15) is 24.0 Å². The molecule has 6 nitrogen and oxygen atoms in total. The number of nitrogens with zero attached hydrogens (tertiary/aromatic N) is 1. The van der Waals surface area contributed by atoms with Gasteiger partial charge in [0, 0.05) is 22.7 Å². The van der Waals surface area contributed by atoms with Gasteiger partial charge in [0.1, 0.15) is 12.4 Å². The van der Waals surface area contributed by atoms with E-state index in [0.717, 1.165) is 23.4 Å². The van der Waals surface area contributed by atoms with E-state index in [9.17, 15) is 13.2 Å². The predicted molar refractivity (Wildman–Crippen MR) is 136 cm³/mol. The van der Waals surface area contributed by atoms with Crippen molar-refractivity contribution in [2.24, 2.45) is 5.73 Å². The van der Waals surface area contributed by atoms with Gasteiger partial charge in [0.2, 0.25) is 5.91 Å². The van der Waals surface area contributed by atoms with Crippen LogP contribution in [0.3, 0.4) is 0 Å². The molecule has 0 radical (unpaired) electrons. The number of halogens is 1. The Kier molecular flexibility index (Phi) is 8.36. The van der Waals surface area contributed by atoms with Gasteiger partial charge in [-0.05, 0) is 49.5 Å². The Morgan fingerprint density at radius 2 is 1.65 bits per heavy atom. The lowest BCUT2D eigenvalue weighted by molar-refractivity contribution is -0.118. The van der Waals surface area contributed by atoms with E-state index in [1.165, 1.54) is 12.1 Å². The second kappa shape index (κ2) is 11.0. The highest BCUT2D eigenvalue weighted by Gasteiger charge is 2.23. The van der Waals surface area contributed by atoms with Crippen LogP contribution in [0.4, 0.5) is 0 Å². The molecule has 0 fully saturated rings. The van der Waals surface area contributed by atoms with Crippen LogP contribution in [-0.2, 0) is 14.6 Å². The fourth-order valence-corrected chi connectivity index (χ4v) is 4.81. The number of benzene rings is 3. The molecule has 34 heavy (non-hydrogen) atoms. The first-order valence-corrected chi connectivity index (χ1v) is 13.0. The highest BCUT2D eigenvalue weighted by Crippen LogP contribution is 2.37. The van der Waals surface area contributed by atoms with Crippen molar-refractivity contribution < 1.29 is 17.9 Å². The van der Waals surface area contributed by atoms with Crippen molar-refractivity contribution in [2.45, 2.75) is 17.7 Å². The highest BCUT2D eigenvalue weighted by molar-refractivity contribution is 7.91. The third-order valence-electron chi connectivity index (χ3n) is 5.54. The van der Waals surface area contributed by atoms with Crippen molar-refractivity contribution in [3.63, 3.8) is 0 Å². The molecule has 1 amide bonds. The number of amides is 1. The first-order chi connectivity index (χ1) is 16.1. The van der Waals surface area contributed by atoms with Crippen LogP contribution in [-0.4, -0.2) is 52.2 Å². The Bertz CT molecular complexity index is 1260. The summed E-state index contributed by atoms with van der Waals surface area (Å²) in [5.41, 5.74) is 8.57. The van der Waals surface area contributed by atoms with Gasteiger partial charge in [-0.25, -0.2) is 8.42 Å². The predicted octanol–water partition coefficient (Wildman–Crippen LogP) is 4.36. The van der Waals surface area contributed by atoms with Crippen molar-refractivity contribution in [3.05, 3.63) is 82.9 Å². The topological polar surface area (TPSA) is 89.7 Å². The summed E-state index contributed by atoms with van der Waals surface area (Å²) in [6, 6.07) is 19.3. The van der Waals surface area contributed by atoms with E-state index >= 15 is 0 Å². The molecule has 3 rings (SSSR count). The van der Waals surface area contributed by atoms with E-state index in [2.05, 4.69) is 0 Å². The molecule has 0 aliphatic heterocycles. The lowest BCUT2D eigenvalue weighted by Crippen LogP contribution is -2.22. The Balaban J connectivity index is 1.94. The van der Waals surface area contributed by atoms with Crippen LogP contribution in [0.25, 0.3) is 11.1 Å². The standard InChI is InChI=1S/C26H29ClN2O4S/c1-4-34(31,32)20-12-9-18(10-13-20)25(26(28)30)19-11-14-21(23(27)17-19)22-7-5-6-8-24(22)33-16-15-29(2)3/h5-14,17,25H,4,15-16H2,1-3H3,(H2,28,30). The number of nitrogens with two attached hydrogens (primary N) is 1. The lowest BCUT2D eigenvalue weighted by Gasteiger charge is -2.18. The monoisotopic (exact) mass is 500 g/mol. The van der Waals surface area contributed by atoms with Crippen molar-refractivity contribution in [2.75, 3.05) is 33.0 Å². The smallest absolute Gasteiger partial charge is 0.229 e. The maximum atomic E-state index is 12.4. The Morgan fingerprint density at radius 1 is 1.00 bits per heavy atom. The maximum absolute atomic E-state index is 12.4. The summed E-state index contributed by atoms with van der Waals surface area (Å²) in [5, 5.41) is 0.456. The van der Waals surface area contributed by atoms with E-state index in [1.807, 2.05) is 55.4 Å². The minimum atomic E-state index is -3.34. The van der Waals surface area contributed by atoms with Crippen molar-refractivity contribution >= 4 is 27.3 Å². The zero-order valence-electron chi connectivity index (χ0n) is 19.5. The molecule has 3 aromatic carbocycles. The second-order valence-corrected chi connectivity index (χ2v) is 10.9. The van der Waals surface area contributed by atoms with E-state index in [0.29, 0.717) is 22.8 Å². The summed E-state index contributed by atoms with van der Waals surface area (Å²) >= 11 is 6.67. The van der Waals surface area contributed by atoms with Crippen molar-refractivity contribution in [3.8, 4) is 16.9 Å². The molecular formula is C26H29ClN2O4S. The van der Waals surface area contributed by atoms with E-state index in [-0.39, 0.29) is 10.6 Å². The third kappa shape index (κ3) is 5.97. The second-order valence-electron chi connectivity index (χ2n) is 8.20. The Labute approximate surface area is 206 Å². The number of rotatable bonds is 10. The molecule has 3 aromatic rings. The van der Waals surface area contributed by atoms with Gasteiger partial charge in [0.15, 0.2) is 9.84 Å². The molecule has 0 aliphatic rings. The quantitative estimate of drug-likeness (QED) is 0.446. The molecule has 1 unspecified atom stereocenters. The molecule has 0 aromatic heterocycles. The van der Waals surface area contributed by atoms with Gasteiger partial charge in [-0.2, -0.15) is 0 Å². The average Bonchev–Trinajstić information content (AvgIpc) is 2.80. The van der Waals surface area contributed by atoms with Crippen molar-refractivity contribution in [1.82, 2.24) is 4.90 Å². The van der Waals surface area contributed by atoms with Crippen LogP contribution in [0.2, 0.25) is 5.02 Å². The van der Waals surface area contributed by atoms with Crippen LogP contribution in [0.15, 0.2) is 71.6 Å². The van der Waals surface area contributed by atoms with Crippen molar-refractivity contribution in [1.29, 1.82) is 0 Å². The number of likely N-dealkylation sites (N-methyl/N-ethyl adjacent to an activating group) is 1. The molecule has 0 aliphatic carbocycles.